The smallest absolute Gasteiger partial charge is 0.320 e. The van der Waals surface area contributed by atoms with Crippen LogP contribution in [0.4, 0.5) is 4.79 Å². The number of nitrogens with zero attached hydrogens (tertiary/aromatic N) is 1. The molecule has 1 rings (SSSR count). The average Bonchev–Trinajstić information content (AvgIpc) is 2.80. The Bertz CT molecular complexity index is 381. The zero-order valence-electron chi connectivity index (χ0n) is 9.77. The number of nitrogens with one attached hydrogen (secondary N) is 1. The predicted molar refractivity (Wildman–Crippen MR) is 69.4 cm³/mol. The lowest BCUT2D eigenvalue weighted by atomic mass is 10.2. The van der Waals surface area contributed by atoms with Crippen molar-refractivity contribution in [2.75, 3.05) is 12.9 Å². The van der Waals surface area contributed by atoms with Gasteiger partial charge in [-0.3, -0.25) is 10.1 Å². The van der Waals surface area contributed by atoms with Gasteiger partial charge in [-0.1, -0.05) is 6.07 Å². The van der Waals surface area contributed by atoms with Crippen molar-refractivity contribution in [3.8, 4) is 0 Å². The molecule has 0 aliphatic rings. The van der Waals surface area contributed by atoms with Gasteiger partial charge in [-0.15, -0.1) is 22.9 Å². The second-order valence-corrected chi connectivity index (χ2v) is 4.95. The van der Waals surface area contributed by atoms with Gasteiger partial charge >= 0.3 is 6.03 Å². The molecule has 0 fully saturated rings. The van der Waals surface area contributed by atoms with Crippen molar-refractivity contribution in [3.05, 3.63) is 22.4 Å². The Morgan fingerprint density at radius 3 is 2.82 bits per heavy atom. The van der Waals surface area contributed by atoms with Crippen LogP contribution in [-0.4, -0.2) is 29.8 Å². The molecule has 1 heterocycles. The third-order valence-corrected chi connectivity index (χ3v) is 3.66. The number of carbonyl (C=O) groups excluding carboxylic acids is 2. The van der Waals surface area contributed by atoms with Crippen LogP contribution in [0.25, 0.3) is 0 Å². The molecule has 3 amide bonds. The summed E-state index contributed by atoms with van der Waals surface area (Å²) in [5, 5.41) is 4.25. The molecule has 0 saturated heterocycles. The molecule has 0 bridgehead atoms. The summed E-state index contributed by atoms with van der Waals surface area (Å²) < 4.78 is 0. The molecule has 0 aliphatic heterocycles. The van der Waals surface area contributed by atoms with Crippen molar-refractivity contribution in [2.24, 2.45) is 0 Å². The van der Waals surface area contributed by atoms with Crippen LogP contribution in [0.5, 0.6) is 0 Å². The molecule has 0 aliphatic carbocycles. The third kappa shape index (κ3) is 4.02. The molecular weight excluding hydrogens is 260 g/mol. The SMILES string of the molecule is CC(c1cccs1)N(C)C(=O)NC(=O)CCCl. The Morgan fingerprint density at radius 2 is 2.29 bits per heavy atom. The summed E-state index contributed by atoms with van der Waals surface area (Å²) >= 11 is 7.00. The zero-order valence-corrected chi connectivity index (χ0v) is 11.3. The maximum absolute atomic E-state index is 11.7. The van der Waals surface area contributed by atoms with Crippen LogP contribution in [0.15, 0.2) is 17.5 Å². The summed E-state index contributed by atoms with van der Waals surface area (Å²) in [6, 6.07) is 3.43. The molecule has 17 heavy (non-hydrogen) atoms. The van der Waals surface area contributed by atoms with Crippen molar-refractivity contribution in [1.82, 2.24) is 10.2 Å². The molecule has 1 N–H and O–H groups in total. The van der Waals surface area contributed by atoms with E-state index in [0.29, 0.717) is 0 Å². The van der Waals surface area contributed by atoms with Crippen molar-refractivity contribution in [1.29, 1.82) is 0 Å². The Hall–Kier alpha value is -1.07. The molecule has 0 saturated carbocycles. The molecule has 1 unspecified atom stereocenters. The van der Waals surface area contributed by atoms with E-state index in [1.807, 2.05) is 24.4 Å². The van der Waals surface area contributed by atoms with Gasteiger partial charge in [-0.05, 0) is 18.4 Å². The third-order valence-electron chi connectivity index (χ3n) is 2.42. The summed E-state index contributed by atoms with van der Waals surface area (Å²) in [7, 11) is 1.66. The minimum atomic E-state index is -0.402. The van der Waals surface area contributed by atoms with Gasteiger partial charge in [0.2, 0.25) is 5.91 Å². The maximum atomic E-state index is 11.7. The summed E-state index contributed by atoms with van der Waals surface area (Å²) in [5.41, 5.74) is 0. The predicted octanol–water partition coefficient (Wildman–Crippen LogP) is 2.61. The van der Waals surface area contributed by atoms with Gasteiger partial charge in [-0.25, -0.2) is 4.79 Å². The number of rotatable bonds is 4. The molecular formula is C11H15ClN2O2S. The van der Waals surface area contributed by atoms with E-state index in [2.05, 4.69) is 5.32 Å². The fourth-order valence-electron chi connectivity index (χ4n) is 1.25. The van der Waals surface area contributed by atoms with Crippen LogP contribution in [0, 0.1) is 0 Å². The summed E-state index contributed by atoms with van der Waals surface area (Å²) in [6.45, 7) is 1.91. The van der Waals surface area contributed by atoms with Crippen molar-refractivity contribution >= 4 is 34.9 Å². The molecule has 1 aromatic rings. The quantitative estimate of drug-likeness (QED) is 0.858. The number of halogens is 1. The zero-order chi connectivity index (χ0) is 12.8. The molecule has 6 heteroatoms. The van der Waals surface area contributed by atoms with Crippen LogP contribution in [0.2, 0.25) is 0 Å². The van der Waals surface area contributed by atoms with E-state index in [1.54, 1.807) is 18.4 Å². The topological polar surface area (TPSA) is 49.4 Å². The summed E-state index contributed by atoms with van der Waals surface area (Å²) in [6.07, 6.45) is 0.147. The van der Waals surface area contributed by atoms with Crippen molar-refractivity contribution < 1.29 is 9.59 Å². The Kier molecular flexibility index (Phi) is 5.44. The largest absolute Gasteiger partial charge is 0.324 e. The number of hydrogen-bond donors (Lipinski definition) is 1. The molecule has 0 spiro atoms. The van der Waals surface area contributed by atoms with E-state index < -0.39 is 6.03 Å². The molecule has 1 atom stereocenters. The Labute approximate surface area is 110 Å². The van der Waals surface area contributed by atoms with E-state index in [-0.39, 0.29) is 24.2 Å². The van der Waals surface area contributed by atoms with Crippen LogP contribution in [0.3, 0.4) is 0 Å². The second-order valence-electron chi connectivity index (χ2n) is 3.59. The van der Waals surface area contributed by atoms with Crippen LogP contribution in [0.1, 0.15) is 24.3 Å². The lowest BCUT2D eigenvalue weighted by Crippen LogP contribution is -2.41. The number of hydrogen-bond acceptors (Lipinski definition) is 3. The number of urea groups is 1. The van der Waals surface area contributed by atoms with Gasteiger partial charge in [0.05, 0.1) is 6.04 Å². The first-order valence-electron chi connectivity index (χ1n) is 5.22. The van der Waals surface area contributed by atoms with E-state index in [0.717, 1.165) is 4.88 Å². The molecule has 4 nitrogen and oxygen atoms in total. The second kappa shape index (κ2) is 6.61. The first kappa shape index (κ1) is 14.0. The van der Waals surface area contributed by atoms with Gasteiger partial charge in [0.25, 0.3) is 0 Å². The lowest BCUT2D eigenvalue weighted by molar-refractivity contribution is -0.119. The number of carbonyl (C=O) groups is 2. The minimum Gasteiger partial charge on any atom is -0.320 e. The van der Waals surface area contributed by atoms with Gasteiger partial charge in [-0.2, -0.15) is 0 Å². The first-order valence-corrected chi connectivity index (χ1v) is 6.63. The Morgan fingerprint density at radius 1 is 1.59 bits per heavy atom. The van der Waals surface area contributed by atoms with Crippen LogP contribution < -0.4 is 5.32 Å². The van der Waals surface area contributed by atoms with E-state index in [4.69, 9.17) is 11.6 Å². The fourth-order valence-corrected chi connectivity index (χ4v) is 2.25. The summed E-state index contributed by atoms with van der Waals surface area (Å²) in [4.78, 5) is 25.5. The van der Waals surface area contributed by atoms with Crippen LogP contribution in [-0.2, 0) is 4.79 Å². The molecule has 94 valence electrons. The number of amides is 3. The fraction of sp³-hybridized carbons (Fsp3) is 0.455. The minimum absolute atomic E-state index is 0.0567. The van der Waals surface area contributed by atoms with E-state index in [1.165, 1.54) is 4.90 Å². The molecule has 0 radical (unpaired) electrons. The van der Waals surface area contributed by atoms with Gasteiger partial charge < -0.3 is 4.90 Å². The highest BCUT2D eigenvalue weighted by molar-refractivity contribution is 7.10. The molecule has 0 aromatic carbocycles. The van der Waals surface area contributed by atoms with Crippen LogP contribution >= 0.6 is 22.9 Å². The van der Waals surface area contributed by atoms with Crippen molar-refractivity contribution in [3.63, 3.8) is 0 Å². The maximum Gasteiger partial charge on any atom is 0.324 e. The standard InChI is InChI=1S/C11H15ClN2O2S/c1-8(9-4-3-7-17-9)14(2)11(16)13-10(15)5-6-12/h3-4,7-8H,5-6H2,1-2H3,(H,13,15,16). The number of thiophene rings is 1. The first-order chi connectivity index (χ1) is 8.06. The Balaban J connectivity index is 2.55. The average molecular weight is 275 g/mol. The van der Waals surface area contributed by atoms with Gasteiger partial charge in [0, 0.05) is 24.2 Å². The highest BCUT2D eigenvalue weighted by Gasteiger charge is 2.19. The highest BCUT2D eigenvalue weighted by atomic mass is 35.5. The highest BCUT2D eigenvalue weighted by Crippen LogP contribution is 2.23. The number of imide groups is 1. The normalized spacial score (nSPS) is 11.9. The lowest BCUT2D eigenvalue weighted by Gasteiger charge is -2.23. The molecule has 1 aromatic heterocycles. The van der Waals surface area contributed by atoms with Crippen molar-refractivity contribution in [2.45, 2.75) is 19.4 Å². The van der Waals surface area contributed by atoms with Gasteiger partial charge in [0.1, 0.15) is 0 Å². The van der Waals surface area contributed by atoms with E-state index in [9.17, 15) is 9.59 Å². The number of alkyl halides is 1. The monoisotopic (exact) mass is 274 g/mol. The van der Waals surface area contributed by atoms with Gasteiger partial charge in [0.15, 0.2) is 0 Å². The summed E-state index contributed by atoms with van der Waals surface area (Å²) in [5.74, 6) is -0.140. The van der Waals surface area contributed by atoms with E-state index >= 15 is 0 Å².